The van der Waals surface area contributed by atoms with Crippen LogP contribution in [-0.2, 0) is 6.42 Å². The van der Waals surface area contributed by atoms with E-state index in [4.69, 9.17) is 5.11 Å². The molecular weight excluding hydrogens is 219 g/mol. The molecule has 17 heavy (non-hydrogen) atoms. The molecule has 0 saturated heterocycles. The van der Waals surface area contributed by atoms with Gasteiger partial charge in [-0.1, -0.05) is 19.1 Å². The third-order valence-electron chi connectivity index (χ3n) is 3.05. The molecule has 0 saturated carbocycles. The van der Waals surface area contributed by atoms with Crippen LogP contribution in [0.15, 0.2) is 24.3 Å². The zero-order chi connectivity index (χ0) is 13.0. The Morgan fingerprint density at radius 3 is 2.71 bits per heavy atom. The van der Waals surface area contributed by atoms with Gasteiger partial charge in [0.05, 0.1) is 0 Å². The number of benzene rings is 1. The number of aliphatic hydroxyl groups is 1. The summed E-state index contributed by atoms with van der Waals surface area (Å²) in [5, 5.41) is 18.6. The van der Waals surface area contributed by atoms with Crippen LogP contribution in [0.1, 0.15) is 24.5 Å². The van der Waals surface area contributed by atoms with Gasteiger partial charge in [0.1, 0.15) is 11.6 Å². The monoisotopic (exact) mass is 238 g/mol. The summed E-state index contributed by atoms with van der Waals surface area (Å²) < 4.78 is 13.3. The highest BCUT2D eigenvalue weighted by Gasteiger charge is 2.09. The summed E-state index contributed by atoms with van der Waals surface area (Å²) in [6.07, 6.45) is 1.17. The molecule has 0 spiro atoms. The van der Waals surface area contributed by atoms with Crippen LogP contribution in [0.25, 0.3) is 0 Å². The van der Waals surface area contributed by atoms with E-state index in [2.05, 4.69) is 6.58 Å². The molecule has 0 radical (unpaired) electrons. The van der Waals surface area contributed by atoms with Gasteiger partial charge in [0.15, 0.2) is 0 Å². The Bertz CT molecular complexity index is 413. The lowest BCUT2D eigenvalue weighted by atomic mass is 9.96. The molecule has 0 amide bonds. The van der Waals surface area contributed by atoms with E-state index in [0.29, 0.717) is 24.0 Å². The Hall–Kier alpha value is -1.35. The first-order valence-electron chi connectivity index (χ1n) is 5.72. The molecule has 94 valence electrons. The van der Waals surface area contributed by atoms with Crippen molar-refractivity contribution in [2.75, 3.05) is 6.61 Å². The van der Waals surface area contributed by atoms with Crippen molar-refractivity contribution in [3.8, 4) is 5.75 Å². The van der Waals surface area contributed by atoms with E-state index in [1.165, 1.54) is 12.1 Å². The van der Waals surface area contributed by atoms with Gasteiger partial charge in [-0.05, 0) is 48.9 Å². The number of hydrogen-bond acceptors (Lipinski definition) is 2. The van der Waals surface area contributed by atoms with Crippen molar-refractivity contribution in [3.05, 3.63) is 41.2 Å². The van der Waals surface area contributed by atoms with E-state index in [1.807, 2.05) is 6.92 Å². The highest BCUT2D eigenvalue weighted by atomic mass is 19.1. The second kappa shape index (κ2) is 5.82. The van der Waals surface area contributed by atoms with Gasteiger partial charge in [-0.2, -0.15) is 0 Å². The summed E-state index contributed by atoms with van der Waals surface area (Å²) in [6, 6.07) is 2.80. The summed E-state index contributed by atoms with van der Waals surface area (Å²) in [5.74, 6) is -0.153. The average molecular weight is 238 g/mol. The maximum absolute atomic E-state index is 13.3. The van der Waals surface area contributed by atoms with E-state index in [0.717, 1.165) is 5.57 Å². The predicted octanol–water partition coefficient (Wildman–Crippen LogP) is 2.96. The predicted molar refractivity (Wildman–Crippen MR) is 66.5 cm³/mol. The third kappa shape index (κ3) is 3.56. The Labute approximate surface area is 101 Å². The highest BCUT2D eigenvalue weighted by molar-refractivity contribution is 5.37. The molecule has 1 atom stereocenters. The minimum Gasteiger partial charge on any atom is -0.508 e. The van der Waals surface area contributed by atoms with E-state index in [9.17, 15) is 9.50 Å². The van der Waals surface area contributed by atoms with Crippen LogP contribution in [0.3, 0.4) is 0 Å². The Kier molecular flexibility index (Phi) is 4.70. The minimum atomic E-state index is -0.307. The summed E-state index contributed by atoms with van der Waals surface area (Å²) in [6.45, 7) is 7.44. The number of phenols is 1. The number of aromatic hydroxyl groups is 1. The molecule has 2 N–H and O–H groups in total. The van der Waals surface area contributed by atoms with Crippen molar-refractivity contribution >= 4 is 0 Å². The van der Waals surface area contributed by atoms with Gasteiger partial charge < -0.3 is 10.2 Å². The fourth-order valence-electron chi connectivity index (χ4n) is 1.58. The minimum absolute atomic E-state index is 0.0347. The molecule has 1 aromatic rings. The largest absolute Gasteiger partial charge is 0.508 e. The molecule has 0 aliphatic carbocycles. The first-order chi connectivity index (χ1) is 7.95. The van der Waals surface area contributed by atoms with Crippen molar-refractivity contribution < 1.29 is 14.6 Å². The van der Waals surface area contributed by atoms with Crippen molar-refractivity contribution in [2.45, 2.75) is 26.7 Å². The van der Waals surface area contributed by atoms with Gasteiger partial charge in [-0.3, -0.25) is 0 Å². The van der Waals surface area contributed by atoms with Crippen LogP contribution in [0.4, 0.5) is 4.39 Å². The zero-order valence-electron chi connectivity index (χ0n) is 10.3. The first-order valence-corrected chi connectivity index (χ1v) is 5.72. The number of aliphatic hydroxyl groups excluding tert-OH is 1. The first kappa shape index (κ1) is 13.7. The lowest BCUT2D eigenvalue weighted by molar-refractivity contribution is 0.254. The molecule has 2 nitrogen and oxygen atoms in total. The second-order valence-corrected chi connectivity index (χ2v) is 4.47. The Morgan fingerprint density at radius 1 is 1.47 bits per heavy atom. The molecular formula is C14H19FO2. The van der Waals surface area contributed by atoms with Gasteiger partial charge >= 0.3 is 0 Å². The second-order valence-electron chi connectivity index (χ2n) is 4.47. The van der Waals surface area contributed by atoms with Gasteiger partial charge in [-0.15, -0.1) is 0 Å². The van der Waals surface area contributed by atoms with E-state index >= 15 is 0 Å². The van der Waals surface area contributed by atoms with Crippen LogP contribution in [0, 0.1) is 18.7 Å². The van der Waals surface area contributed by atoms with Crippen LogP contribution < -0.4 is 0 Å². The maximum atomic E-state index is 13.3. The van der Waals surface area contributed by atoms with Gasteiger partial charge in [-0.25, -0.2) is 4.39 Å². The summed E-state index contributed by atoms with van der Waals surface area (Å²) in [7, 11) is 0. The lowest BCUT2D eigenvalue weighted by Crippen LogP contribution is -2.04. The van der Waals surface area contributed by atoms with Crippen LogP contribution >= 0.6 is 0 Å². The van der Waals surface area contributed by atoms with Crippen molar-refractivity contribution in [1.82, 2.24) is 0 Å². The van der Waals surface area contributed by atoms with Crippen molar-refractivity contribution in [2.24, 2.45) is 5.92 Å². The van der Waals surface area contributed by atoms with Crippen molar-refractivity contribution in [3.63, 3.8) is 0 Å². The lowest BCUT2D eigenvalue weighted by Gasteiger charge is -2.12. The maximum Gasteiger partial charge on any atom is 0.126 e. The molecule has 1 aromatic carbocycles. The number of phenolic OH excluding ortho intramolecular Hbond substituents is 1. The topological polar surface area (TPSA) is 40.5 Å². The molecule has 1 rings (SSSR count). The number of rotatable bonds is 5. The third-order valence-corrected chi connectivity index (χ3v) is 3.05. The fraction of sp³-hybridized carbons (Fsp3) is 0.429. The highest BCUT2D eigenvalue weighted by Crippen LogP contribution is 2.24. The molecule has 0 bridgehead atoms. The van der Waals surface area contributed by atoms with E-state index < -0.39 is 0 Å². The zero-order valence-corrected chi connectivity index (χ0v) is 10.3. The number of halogens is 1. The Balaban J connectivity index is 2.70. The smallest absolute Gasteiger partial charge is 0.126 e. The normalized spacial score (nSPS) is 12.5. The van der Waals surface area contributed by atoms with Gasteiger partial charge in [0.25, 0.3) is 0 Å². The molecule has 3 heteroatoms. The summed E-state index contributed by atoms with van der Waals surface area (Å²) in [4.78, 5) is 0. The standard InChI is InChI=1S/C14H19FO2/c1-9(11(3)8-16)4-5-12-7-13(15)10(2)6-14(12)17/h6-7,11,16-17H,1,4-5,8H2,2-3H3/t11-/m0/s1. The summed E-state index contributed by atoms with van der Waals surface area (Å²) in [5.41, 5.74) is 1.93. The molecule has 0 aromatic heterocycles. The molecule has 0 aliphatic heterocycles. The molecule has 0 fully saturated rings. The van der Waals surface area contributed by atoms with Crippen molar-refractivity contribution in [1.29, 1.82) is 0 Å². The number of aryl methyl sites for hydroxylation is 2. The van der Waals surface area contributed by atoms with Crippen LogP contribution in [0.2, 0.25) is 0 Å². The van der Waals surface area contributed by atoms with E-state index in [-0.39, 0.29) is 24.1 Å². The number of hydrogen-bond donors (Lipinski definition) is 2. The van der Waals surface area contributed by atoms with Gasteiger partial charge in [0.2, 0.25) is 0 Å². The van der Waals surface area contributed by atoms with Crippen LogP contribution in [0.5, 0.6) is 5.75 Å². The molecule has 0 heterocycles. The van der Waals surface area contributed by atoms with Gasteiger partial charge in [0, 0.05) is 6.61 Å². The van der Waals surface area contributed by atoms with E-state index in [1.54, 1.807) is 6.92 Å². The molecule has 0 unspecified atom stereocenters. The average Bonchev–Trinajstić information content (AvgIpc) is 2.30. The van der Waals surface area contributed by atoms with Crippen LogP contribution in [-0.4, -0.2) is 16.8 Å². The Morgan fingerprint density at radius 2 is 2.12 bits per heavy atom. The summed E-state index contributed by atoms with van der Waals surface area (Å²) >= 11 is 0. The fourth-order valence-corrected chi connectivity index (χ4v) is 1.58. The molecule has 0 aliphatic rings. The SMILES string of the molecule is C=C(CCc1cc(F)c(C)cc1O)[C@@H](C)CO. The quantitative estimate of drug-likeness (QED) is 0.774.